The molecule has 0 unspecified atom stereocenters. The third-order valence-corrected chi connectivity index (χ3v) is 4.77. The van der Waals surface area contributed by atoms with Crippen LogP contribution in [-0.4, -0.2) is 46.5 Å². The number of nitrogens with one attached hydrogen (secondary N) is 2. The quantitative estimate of drug-likeness (QED) is 0.324. The maximum absolute atomic E-state index is 11.3. The first-order chi connectivity index (χ1) is 9.63. The Kier molecular flexibility index (Phi) is 12.6. The Bertz CT molecular complexity index is 419. The van der Waals surface area contributed by atoms with E-state index in [0.29, 0.717) is 18.9 Å². The van der Waals surface area contributed by atoms with Crippen molar-refractivity contribution in [3.8, 4) is 0 Å². The van der Waals surface area contributed by atoms with Crippen molar-refractivity contribution in [2.75, 3.05) is 32.1 Å². The molecule has 0 bridgehead atoms. The van der Waals surface area contributed by atoms with Gasteiger partial charge in [0.25, 0.3) is 0 Å². The molecule has 0 aromatic carbocycles. The average molecular weight is 447 g/mol. The van der Waals surface area contributed by atoms with Crippen molar-refractivity contribution < 1.29 is 8.42 Å². The van der Waals surface area contributed by atoms with Crippen LogP contribution in [0.2, 0.25) is 0 Å². The Morgan fingerprint density at radius 1 is 1.18 bits per heavy atom. The van der Waals surface area contributed by atoms with Crippen LogP contribution >= 0.6 is 24.0 Å². The van der Waals surface area contributed by atoms with Gasteiger partial charge in [-0.3, -0.25) is 4.99 Å². The monoisotopic (exact) mass is 447 g/mol. The van der Waals surface area contributed by atoms with E-state index in [4.69, 9.17) is 0 Å². The molecule has 0 aromatic rings. The van der Waals surface area contributed by atoms with Gasteiger partial charge in [0.1, 0.15) is 9.84 Å². The molecule has 134 valence electrons. The van der Waals surface area contributed by atoms with Crippen LogP contribution in [0.25, 0.3) is 0 Å². The van der Waals surface area contributed by atoms with Gasteiger partial charge in [0, 0.05) is 26.4 Å². The number of guanidine groups is 1. The summed E-state index contributed by atoms with van der Waals surface area (Å²) in [6.45, 7) is 10.1. The molecule has 0 amide bonds. The topological polar surface area (TPSA) is 70.6 Å². The highest BCUT2D eigenvalue weighted by atomic mass is 127. The van der Waals surface area contributed by atoms with Crippen molar-refractivity contribution in [3.63, 3.8) is 0 Å². The van der Waals surface area contributed by atoms with Crippen LogP contribution in [0.15, 0.2) is 4.99 Å². The molecule has 7 heteroatoms. The summed E-state index contributed by atoms with van der Waals surface area (Å²) in [6.07, 6.45) is 4.23. The van der Waals surface area contributed by atoms with Crippen LogP contribution in [-0.2, 0) is 9.84 Å². The molecule has 5 nitrogen and oxygen atoms in total. The maximum Gasteiger partial charge on any atom is 0.191 e. The molecule has 0 atom stereocenters. The number of nitrogens with zero attached hydrogens (tertiary/aromatic N) is 1. The third-order valence-electron chi connectivity index (χ3n) is 3.82. The number of rotatable bonds is 9. The van der Waals surface area contributed by atoms with E-state index < -0.39 is 9.84 Å². The smallest absolute Gasteiger partial charge is 0.191 e. The zero-order chi connectivity index (χ0) is 16.5. The van der Waals surface area contributed by atoms with Gasteiger partial charge in [-0.25, -0.2) is 8.42 Å². The van der Waals surface area contributed by atoms with E-state index in [0.717, 1.165) is 25.3 Å². The number of halogens is 1. The predicted molar refractivity (Wildman–Crippen MR) is 107 cm³/mol. The van der Waals surface area contributed by atoms with Crippen LogP contribution in [0.1, 0.15) is 47.0 Å². The van der Waals surface area contributed by atoms with Crippen LogP contribution in [0.3, 0.4) is 0 Å². The molecule has 0 spiro atoms. The first-order valence-corrected chi connectivity index (χ1v) is 9.81. The summed E-state index contributed by atoms with van der Waals surface area (Å²) in [5.41, 5.74) is -0.0877. The van der Waals surface area contributed by atoms with Crippen molar-refractivity contribution in [1.82, 2.24) is 10.6 Å². The fraction of sp³-hybridized carbons (Fsp3) is 0.933. The Labute approximate surface area is 154 Å². The molecule has 22 heavy (non-hydrogen) atoms. The normalized spacial score (nSPS) is 13.0. The zero-order valence-corrected chi connectivity index (χ0v) is 18.0. The highest BCUT2D eigenvalue weighted by Crippen LogP contribution is 2.19. The van der Waals surface area contributed by atoms with E-state index in [1.165, 1.54) is 6.26 Å². The zero-order valence-electron chi connectivity index (χ0n) is 14.9. The Hall–Kier alpha value is -0.0500. The summed E-state index contributed by atoms with van der Waals surface area (Å²) >= 11 is 0. The van der Waals surface area contributed by atoms with E-state index in [9.17, 15) is 8.42 Å². The average Bonchev–Trinajstić information content (AvgIpc) is 2.40. The van der Waals surface area contributed by atoms with Crippen molar-refractivity contribution in [1.29, 1.82) is 0 Å². The lowest BCUT2D eigenvalue weighted by atomic mass is 9.90. The van der Waals surface area contributed by atoms with Gasteiger partial charge in [0.05, 0.1) is 5.75 Å². The summed E-state index contributed by atoms with van der Waals surface area (Å²) < 4.78 is 22.5. The second kappa shape index (κ2) is 11.5. The van der Waals surface area contributed by atoms with Crippen molar-refractivity contribution >= 4 is 39.8 Å². The fourth-order valence-corrected chi connectivity index (χ4v) is 2.84. The summed E-state index contributed by atoms with van der Waals surface area (Å²) in [7, 11) is -1.15. The lowest BCUT2D eigenvalue weighted by Gasteiger charge is -2.26. The fourth-order valence-electron chi connectivity index (χ4n) is 1.91. The second-order valence-corrected chi connectivity index (χ2v) is 8.79. The molecule has 0 aliphatic rings. The third kappa shape index (κ3) is 12.5. The summed E-state index contributed by atoms with van der Waals surface area (Å²) in [5.74, 6) is 1.66. The minimum absolute atomic E-state index is 0. The van der Waals surface area contributed by atoms with E-state index in [1.54, 1.807) is 7.05 Å². The summed E-state index contributed by atoms with van der Waals surface area (Å²) in [4.78, 5) is 4.22. The molecule has 0 fully saturated rings. The van der Waals surface area contributed by atoms with Gasteiger partial charge in [0.2, 0.25) is 0 Å². The van der Waals surface area contributed by atoms with Gasteiger partial charge < -0.3 is 10.6 Å². The summed E-state index contributed by atoms with van der Waals surface area (Å²) in [6, 6.07) is 0. The molecule has 2 N–H and O–H groups in total. The van der Waals surface area contributed by atoms with Crippen molar-refractivity contribution in [2.24, 2.45) is 16.3 Å². The molecule has 0 radical (unpaired) electrons. The van der Waals surface area contributed by atoms with Crippen LogP contribution in [0.4, 0.5) is 0 Å². The highest BCUT2D eigenvalue weighted by Gasteiger charge is 2.20. The first kappa shape index (κ1) is 24.2. The SMILES string of the molecule is CCC(CC)CNC(=NC)NCC(C)(C)CCS(C)(=O)=O.I. The maximum atomic E-state index is 11.3. The van der Waals surface area contributed by atoms with Gasteiger partial charge in [-0.1, -0.05) is 40.5 Å². The minimum Gasteiger partial charge on any atom is -0.356 e. The lowest BCUT2D eigenvalue weighted by Crippen LogP contribution is -2.43. The molecule has 0 aliphatic heterocycles. The van der Waals surface area contributed by atoms with Gasteiger partial charge in [0.15, 0.2) is 5.96 Å². The summed E-state index contributed by atoms with van der Waals surface area (Å²) in [5, 5.41) is 6.63. The second-order valence-electron chi connectivity index (χ2n) is 6.53. The molecule has 0 aromatic heterocycles. The molecule has 0 saturated carbocycles. The van der Waals surface area contributed by atoms with Crippen LogP contribution in [0.5, 0.6) is 0 Å². The molecule has 0 rings (SSSR count). The predicted octanol–water partition coefficient (Wildman–Crippen LogP) is 2.67. The van der Waals surface area contributed by atoms with Crippen molar-refractivity contribution in [3.05, 3.63) is 0 Å². The molecule has 0 saturated heterocycles. The van der Waals surface area contributed by atoms with E-state index >= 15 is 0 Å². The molecule has 0 heterocycles. The molecule has 0 aliphatic carbocycles. The van der Waals surface area contributed by atoms with Gasteiger partial charge in [-0.15, -0.1) is 24.0 Å². The van der Waals surface area contributed by atoms with Gasteiger partial charge in [-0.2, -0.15) is 0 Å². The van der Waals surface area contributed by atoms with Gasteiger partial charge in [-0.05, 0) is 17.8 Å². The number of sulfone groups is 1. The van der Waals surface area contributed by atoms with E-state index in [2.05, 4.69) is 43.3 Å². The standard InChI is InChI=1S/C15H33N3O2S.HI/c1-7-13(8-2)11-17-14(16-5)18-12-15(3,4)9-10-21(6,19)20;/h13H,7-12H2,1-6H3,(H2,16,17,18);1H. The number of hydrogen-bond acceptors (Lipinski definition) is 3. The highest BCUT2D eigenvalue weighted by molar-refractivity contribution is 14.0. The minimum atomic E-state index is -2.90. The number of hydrogen-bond donors (Lipinski definition) is 2. The van der Waals surface area contributed by atoms with Gasteiger partial charge >= 0.3 is 0 Å². The van der Waals surface area contributed by atoms with Crippen LogP contribution in [0, 0.1) is 11.3 Å². The number of aliphatic imine (C=N–C) groups is 1. The lowest BCUT2D eigenvalue weighted by molar-refractivity contribution is 0.348. The van der Waals surface area contributed by atoms with E-state index in [-0.39, 0.29) is 35.1 Å². The largest absolute Gasteiger partial charge is 0.356 e. The Morgan fingerprint density at radius 3 is 2.14 bits per heavy atom. The van der Waals surface area contributed by atoms with E-state index in [1.807, 2.05) is 0 Å². The van der Waals surface area contributed by atoms with Crippen molar-refractivity contribution in [2.45, 2.75) is 47.0 Å². The molecular formula is C15H34IN3O2S. The Morgan fingerprint density at radius 2 is 1.73 bits per heavy atom. The molecular weight excluding hydrogens is 413 g/mol. The first-order valence-electron chi connectivity index (χ1n) is 7.75. The van der Waals surface area contributed by atoms with Crippen LogP contribution < -0.4 is 10.6 Å². The Balaban J connectivity index is 0.